The molecule has 0 amide bonds. The Kier molecular flexibility index (Phi) is 3.37. The lowest BCUT2D eigenvalue weighted by Crippen LogP contribution is -2.20. The van der Waals surface area contributed by atoms with Gasteiger partial charge in [0.05, 0.1) is 0 Å². The molecule has 7 heteroatoms. The van der Waals surface area contributed by atoms with Gasteiger partial charge in [0.15, 0.2) is 0 Å². The first kappa shape index (κ1) is 12.7. The van der Waals surface area contributed by atoms with Crippen LogP contribution < -0.4 is 0 Å². The smallest absolute Gasteiger partial charge is 0.195 e. The molecule has 1 aromatic rings. The van der Waals surface area contributed by atoms with Gasteiger partial charge in [-0.2, -0.15) is 26.0 Å². The Morgan fingerprint density at radius 3 is 2.12 bits per heavy atom. The maximum absolute atomic E-state index is 11.9. The van der Waals surface area contributed by atoms with E-state index in [1.165, 1.54) is 12.1 Å². The van der Waals surface area contributed by atoms with E-state index in [0.29, 0.717) is 11.8 Å². The average Bonchev–Trinajstić information content (AvgIpc) is 2.15. The number of alkyl halides is 3. The molecule has 0 heterocycles. The lowest BCUT2D eigenvalue weighted by molar-refractivity contribution is -0.0435. The Bertz CT molecular complexity index is 488. The number of sulfonamides is 1. The second-order valence-electron chi connectivity index (χ2n) is 3.07. The first-order valence-electron chi connectivity index (χ1n) is 4.16. The zero-order valence-electron chi connectivity index (χ0n) is 8.19. The molecule has 0 aromatic heterocycles. The van der Waals surface area contributed by atoms with Crippen LogP contribution in [-0.2, 0) is 10.0 Å². The summed E-state index contributed by atoms with van der Waals surface area (Å²) in [5.41, 5.74) is -4.15. The second kappa shape index (κ2) is 4.25. The molecule has 0 N–H and O–H groups in total. The summed E-state index contributed by atoms with van der Waals surface area (Å²) in [5.74, 6) is 0. The average molecular weight is 251 g/mol. The van der Waals surface area contributed by atoms with Gasteiger partial charge in [0.25, 0.3) is 0 Å². The fourth-order valence-electron chi connectivity index (χ4n) is 0.843. The van der Waals surface area contributed by atoms with Crippen molar-refractivity contribution in [2.75, 3.05) is 0 Å². The minimum atomic E-state index is -5.44. The van der Waals surface area contributed by atoms with Crippen molar-refractivity contribution < 1.29 is 21.6 Å². The summed E-state index contributed by atoms with van der Waals surface area (Å²) in [6.07, 6.45) is 0.669. The third-order valence-corrected chi connectivity index (χ3v) is 2.68. The van der Waals surface area contributed by atoms with E-state index in [4.69, 9.17) is 0 Å². The topological polar surface area (TPSA) is 46.5 Å². The van der Waals surface area contributed by atoms with Crippen molar-refractivity contribution in [3.8, 4) is 0 Å². The summed E-state index contributed by atoms with van der Waals surface area (Å²) >= 11 is 0. The van der Waals surface area contributed by atoms with E-state index in [2.05, 4.69) is 4.40 Å². The van der Waals surface area contributed by atoms with Crippen molar-refractivity contribution in [3.05, 3.63) is 35.4 Å². The second-order valence-corrected chi connectivity index (χ2v) is 4.69. The van der Waals surface area contributed by atoms with Crippen LogP contribution in [0.3, 0.4) is 0 Å². The minimum absolute atomic E-state index is 0.290. The maximum atomic E-state index is 11.9. The van der Waals surface area contributed by atoms with Gasteiger partial charge in [-0.25, -0.2) is 0 Å². The fourth-order valence-corrected chi connectivity index (χ4v) is 1.22. The van der Waals surface area contributed by atoms with E-state index >= 15 is 0 Å². The van der Waals surface area contributed by atoms with Crippen molar-refractivity contribution in [1.29, 1.82) is 0 Å². The Hall–Kier alpha value is -1.37. The van der Waals surface area contributed by atoms with Gasteiger partial charge < -0.3 is 0 Å². The molecule has 0 radical (unpaired) electrons. The predicted molar refractivity (Wildman–Crippen MR) is 53.7 cm³/mol. The molecule has 0 unspecified atom stereocenters. The quantitative estimate of drug-likeness (QED) is 0.757. The van der Waals surface area contributed by atoms with E-state index < -0.39 is 15.5 Å². The van der Waals surface area contributed by atoms with Crippen LogP contribution in [0.4, 0.5) is 13.2 Å². The minimum Gasteiger partial charge on any atom is -0.195 e. The molecule has 3 nitrogen and oxygen atoms in total. The van der Waals surface area contributed by atoms with Gasteiger partial charge in [-0.15, -0.1) is 0 Å². The van der Waals surface area contributed by atoms with Crippen LogP contribution in [0.2, 0.25) is 0 Å². The standard InChI is InChI=1S/C9H8F3NO2S/c1-7-2-4-8(5-3-7)6-13-16(14,15)9(10,11)12/h2-6H,1H3/b13-6+. The number of nitrogens with zero attached hydrogens (tertiary/aromatic N) is 1. The molecular weight excluding hydrogens is 243 g/mol. The van der Waals surface area contributed by atoms with Crippen LogP contribution >= 0.6 is 0 Å². The number of aryl methyl sites for hydroxylation is 1. The van der Waals surface area contributed by atoms with Gasteiger partial charge in [0.2, 0.25) is 0 Å². The first-order chi connectivity index (χ1) is 7.22. The lowest BCUT2D eigenvalue weighted by Gasteiger charge is -2.01. The first-order valence-corrected chi connectivity index (χ1v) is 5.60. The van der Waals surface area contributed by atoms with Gasteiger partial charge in [-0.05, 0) is 12.5 Å². The van der Waals surface area contributed by atoms with Crippen molar-refractivity contribution in [1.82, 2.24) is 0 Å². The van der Waals surface area contributed by atoms with Crippen LogP contribution in [-0.4, -0.2) is 20.1 Å². The van der Waals surface area contributed by atoms with Crippen molar-refractivity contribution >= 4 is 16.2 Å². The number of rotatable bonds is 2. The molecule has 0 fully saturated rings. The lowest BCUT2D eigenvalue weighted by atomic mass is 10.2. The number of halogens is 3. The summed E-state index contributed by atoms with van der Waals surface area (Å²) in [5, 5.41) is 0. The van der Waals surface area contributed by atoms with Crippen LogP contribution in [0, 0.1) is 6.92 Å². The van der Waals surface area contributed by atoms with E-state index in [-0.39, 0.29) is 0 Å². The fraction of sp³-hybridized carbons (Fsp3) is 0.222. The van der Waals surface area contributed by atoms with E-state index in [1.807, 2.05) is 0 Å². The third-order valence-electron chi connectivity index (χ3n) is 1.71. The molecule has 0 aliphatic heterocycles. The van der Waals surface area contributed by atoms with E-state index in [1.54, 1.807) is 19.1 Å². The molecule has 0 atom stereocenters. The molecule has 0 bridgehead atoms. The number of hydrogen-bond donors (Lipinski definition) is 0. The Labute approximate surface area is 90.7 Å². The number of benzene rings is 1. The zero-order chi connectivity index (χ0) is 12.4. The van der Waals surface area contributed by atoms with Crippen molar-refractivity contribution in [2.24, 2.45) is 4.40 Å². The maximum Gasteiger partial charge on any atom is 0.518 e. The predicted octanol–water partition coefficient (Wildman–Crippen LogP) is 2.26. The third kappa shape index (κ3) is 3.06. The van der Waals surface area contributed by atoms with Crippen molar-refractivity contribution in [3.63, 3.8) is 0 Å². The Morgan fingerprint density at radius 1 is 1.19 bits per heavy atom. The summed E-state index contributed by atoms with van der Waals surface area (Å²) in [4.78, 5) is 0. The highest BCUT2D eigenvalue weighted by atomic mass is 32.2. The molecule has 0 saturated carbocycles. The summed E-state index contributed by atoms with van der Waals surface area (Å²) in [6, 6.07) is 6.23. The van der Waals surface area contributed by atoms with Gasteiger partial charge in [-0.1, -0.05) is 29.8 Å². The summed E-state index contributed by atoms with van der Waals surface area (Å²) in [7, 11) is -5.44. The highest BCUT2D eigenvalue weighted by Gasteiger charge is 2.45. The molecule has 0 saturated heterocycles. The van der Waals surface area contributed by atoms with E-state index in [0.717, 1.165) is 5.56 Å². The highest BCUT2D eigenvalue weighted by molar-refractivity contribution is 7.91. The Balaban J connectivity index is 2.94. The normalized spacial score (nSPS) is 13.2. The van der Waals surface area contributed by atoms with Crippen LogP contribution in [0.5, 0.6) is 0 Å². The molecule has 0 aliphatic rings. The Morgan fingerprint density at radius 2 is 1.69 bits per heavy atom. The van der Waals surface area contributed by atoms with E-state index in [9.17, 15) is 21.6 Å². The van der Waals surface area contributed by atoms with Crippen LogP contribution in [0.1, 0.15) is 11.1 Å². The van der Waals surface area contributed by atoms with Gasteiger partial charge >= 0.3 is 15.5 Å². The molecule has 1 rings (SSSR count). The summed E-state index contributed by atoms with van der Waals surface area (Å²) < 4.78 is 59.4. The monoisotopic (exact) mass is 251 g/mol. The van der Waals surface area contributed by atoms with Gasteiger partial charge in [-0.3, -0.25) is 0 Å². The molecule has 1 aromatic carbocycles. The summed E-state index contributed by atoms with van der Waals surface area (Å²) in [6.45, 7) is 1.80. The highest BCUT2D eigenvalue weighted by Crippen LogP contribution is 2.24. The van der Waals surface area contributed by atoms with Gasteiger partial charge in [0, 0.05) is 6.21 Å². The largest absolute Gasteiger partial charge is 0.518 e. The molecule has 88 valence electrons. The van der Waals surface area contributed by atoms with Crippen molar-refractivity contribution in [2.45, 2.75) is 12.4 Å². The molecule has 16 heavy (non-hydrogen) atoms. The molecule has 0 spiro atoms. The van der Waals surface area contributed by atoms with Gasteiger partial charge in [0.1, 0.15) is 0 Å². The van der Waals surface area contributed by atoms with Crippen LogP contribution in [0.25, 0.3) is 0 Å². The number of hydrogen-bond acceptors (Lipinski definition) is 2. The molecule has 0 aliphatic carbocycles. The zero-order valence-corrected chi connectivity index (χ0v) is 9.01. The van der Waals surface area contributed by atoms with Crippen LogP contribution in [0.15, 0.2) is 28.7 Å². The SMILES string of the molecule is Cc1ccc(/C=N/S(=O)(=O)C(F)(F)F)cc1. The molecular formula is C9H8F3NO2S.